The van der Waals surface area contributed by atoms with Crippen molar-refractivity contribution < 1.29 is 23.9 Å². The summed E-state index contributed by atoms with van der Waals surface area (Å²) in [5.74, 6) is -0.925. The van der Waals surface area contributed by atoms with Crippen LogP contribution in [0, 0.1) is 6.92 Å². The van der Waals surface area contributed by atoms with Crippen LogP contribution < -0.4 is 15.1 Å². The van der Waals surface area contributed by atoms with Gasteiger partial charge in [-0.2, -0.15) is 0 Å². The monoisotopic (exact) mass is 397 g/mol. The van der Waals surface area contributed by atoms with Gasteiger partial charge in [-0.3, -0.25) is 9.59 Å². The first-order valence-corrected chi connectivity index (χ1v) is 9.47. The molecule has 7 nitrogen and oxygen atoms in total. The molecule has 0 aliphatic carbocycles. The molecule has 0 aliphatic rings. The Morgan fingerprint density at radius 2 is 1.79 bits per heavy atom. The van der Waals surface area contributed by atoms with Crippen molar-refractivity contribution in [3.8, 4) is 11.6 Å². The molecule has 3 aromatic rings. The summed E-state index contributed by atoms with van der Waals surface area (Å²) >= 11 is 1.07. The molecule has 1 atom stereocenters. The summed E-state index contributed by atoms with van der Waals surface area (Å²) in [7, 11) is 0. The van der Waals surface area contributed by atoms with Gasteiger partial charge in [0, 0.05) is 23.4 Å². The van der Waals surface area contributed by atoms with Crippen molar-refractivity contribution in [3.05, 3.63) is 59.7 Å². The number of aromatic nitrogens is 2. The average molecular weight is 397 g/mol. The molecule has 0 saturated heterocycles. The Balaban J connectivity index is 1.73. The maximum absolute atomic E-state index is 12.5. The minimum Gasteiger partial charge on any atom is -0.538 e. The summed E-state index contributed by atoms with van der Waals surface area (Å²) in [4.78, 5) is 23.8. The predicted octanol–water partition coefficient (Wildman–Crippen LogP) is 2.66. The third kappa shape index (κ3) is 4.40. The number of anilines is 1. The minimum absolute atomic E-state index is 0.0436. The fourth-order valence-corrected chi connectivity index (χ4v) is 3.31. The second-order valence-corrected chi connectivity index (χ2v) is 7.63. The summed E-state index contributed by atoms with van der Waals surface area (Å²) in [6.45, 7) is 5.13. The number of hydrogen-bond acceptors (Lipinski definition) is 6. The molecule has 0 spiro atoms. The fraction of sp³-hybridized carbons (Fsp3) is 0.200. The highest BCUT2D eigenvalue weighted by atomic mass is 32.2. The second-order valence-electron chi connectivity index (χ2n) is 6.30. The minimum atomic E-state index is -0.601. The van der Waals surface area contributed by atoms with E-state index in [1.54, 1.807) is 31.2 Å². The number of thioether (sulfide) groups is 1. The Morgan fingerprint density at radius 1 is 1.14 bits per heavy atom. The lowest BCUT2D eigenvalue weighted by atomic mass is 10.1. The van der Waals surface area contributed by atoms with Gasteiger partial charge < -0.3 is 14.9 Å². The maximum atomic E-state index is 12.5. The van der Waals surface area contributed by atoms with Crippen molar-refractivity contribution in [3.63, 3.8) is 0 Å². The number of rotatable bonds is 6. The Labute approximate surface area is 166 Å². The molecule has 1 aromatic heterocycles. The number of Topliss-reactive ketones (excluding diaryl/α,β-unsaturated/α-hetero) is 1. The van der Waals surface area contributed by atoms with Gasteiger partial charge in [0.05, 0.1) is 10.5 Å². The van der Waals surface area contributed by atoms with Crippen LogP contribution in [0.3, 0.4) is 0 Å². The molecule has 144 valence electrons. The highest BCUT2D eigenvalue weighted by Gasteiger charge is 2.26. The van der Waals surface area contributed by atoms with Gasteiger partial charge in [0.25, 0.3) is 5.03 Å². The van der Waals surface area contributed by atoms with Crippen molar-refractivity contribution in [2.75, 3.05) is 5.32 Å². The molecular weight excluding hydrogens is 378 g/mol. The smallest absolute Gasteiger partial charge is 0.298 e. The van der Waals surface area contributed by atoms with E-state index in [1.807, 2.05) is 31.2 Å². The summed E-state index contributed by atoms with van der Waals surface area (Å²) < 4.78 is 6.17. The second kappa shape index (κ2) is 8.26. The number of nitrogens with zero attached hydrogens (tertiary/aromatic N) is 2. The third-order valence-corrected chi connectivity index (χ3v) is 5.20. The van der Waals surface area contributed by atoms with Crippen LogP contribution >= 0.6 is 11.8 Å². The quantitative estimate of drug-likeness (QED) is 0.390. The topological polar surface area (TPSA) is 99.1 Å². The molecule has 1 heterocycles. The van der Waals surface area contributed by atoms with Gasteiger partial charge in [-0.15, -0.1) is 0 Å². The van der Waals surface area contributed by atoms with E-state index in [1.165, 1.54) is 11.6 Å². The van der Waals surface area contributed by atoms with E-state index in [4.69, 9.17) is 4.52 Å². The number of nitrogens with one attached hydrogen (secondary N) is 1. The largest absolute Gasteiger partial charge is 0.538 e. The van der Waals surface area contributed by atoms with Crippen LogP contribution in [-0.4, -0.2) is 22.2 Å². The SMILES string of the molecule is CC(=O)c1ccc(NC(=O)C(C)Sc2c([O-])on[n+]2-c2ccc(C)cc2)cc1. The summed E-state index contributed by atoms with van der Waals surface area (Å²) in [5, 5.41) is 18.3. The first-order chi connectivity index (χ1) is 13.3. The lowest BCUT2D eigenvalue weighted by Gasteiger charge is -2.10. The number of hydrogen-bond donors (Lipinski definition) is 1. The Kier molecular flexibility index (Phi) is 5.79. The highest BCUT2D eigenvalue weighted by molar-refractivity contribution is 8.00. The molecule has 1 amide bonds. The van der Waals surface area contributed by atoms with Gasteiger partial charge in [0.1, 0.15) is 0 Å². The molecule has 0 fully saturated rings. The fourth-order valence-electron chi connectivity index (χ4n) is 2.44. The summed E-state index contributed by atoms with van der Waals surface area (Å²) in [6.07, 6.45) is 0. The van der Waals surface area contributed by atoms with Crippen molar-refractivity contribution in [1.29, 1.82) is 0 Å². The van der Waals surface area contributed by atoms with Crippen LogP contribution in [0.5, 0.6) is 5.95 Å². The van der Waals surface area contributed by atoms with E-state index in [2.05, 4.69) is 10.6 Å². The van der Waals surface area contributed by atoms with Crippen LogP contribution in [-0.2, 0) is 4.79 Å². The van der Waals surface area contributed by atoms with E-state index in [-0.39, 0.29) is 16.7 Å². The zero-order chi connectivity index (χ0) is 20.3. The summed E-state index contributed by atoms with van der Waals surface area (Å²) in [5.41, 5.74) is 2.89. The molecule has 0 radical (unpaired) electrons. The average Bonchev–Trinajstić information content (AvgIpc) is 3.03. The first-order valence-electron chi connectivity index (χ1n) is 8.59. The Hall–Kier alpha value is -3.13. The summed E-state index contributed by atoms with van der Waals surface area (Å²) in [6, 6.07) is 14.1. The maximum Gasteiger partial charge on any atom is 0.298 e. The third-order valence-electron chi connectivity index (χ3n) is 4.07. The van der Waals surface area contributed by atoms with Gasteiger partial charge in [-0.05, 0) is 61.5 Å². The van der Waals surface area contributed by atoms with Crippen molar-refractivity contribution >= 4 is 29.1 Å². The number of carbonyl (C=O) groups excluding carboxylic acids is 2. The molecule has 0 saturated carbocycles. The zero-order valence-electron chi connectivity index (χ0n) is 15.6. The van der Waals surface area contributed by atoms with Gasteiger partial charge in [0.2, 0.25) is 11.6 Å². The Bertz CT molecular complexity index is 997. The first kappa shape index (κ1) is 19.6. The van der Waals surface area contributed by atoms with E-state index in [9.17, 15) is 14.7 Å². The Morgan fingerprint density at radius 3 is 2.39 bits per heavy atom. The molecule has 28 heavy (non-hydrogen) atoms. The van der Waals surface area contributed by atoms with Crippen molar-refractivity contribution in [2.45, 2.75) is 31.0 Å². The van der Waals surface area contributed by atoms with Gasteiger partial charge in [-0.25, -0.2) is 0 Å². The van der Waals surface area contributed by atoms with Gasteiger partial charge in [-0.1, -0.05) is 17.7 Å². The molecule has 0 aliphatic heterocycles. The number of ketones is 1. The predicted molar refractivity (Wildman–Crippen MR) is 103 cm³/mol. The van der Waals surface area contributed by atoms with E-state index >= 15 is 0 Å². The van der Waals surface area contributed by atoms with Gasteiger partial charge >= 0.3 is 0 Å². The number of benzene rings is 2. The lowest BCUT2D eigenvalue weighted by Crippen LogP contribution is -2.36. The van der Waals surface area contributed by atoms with E-state index in [0.717, 1.165) is 17.3 Å². The van der Waals surface area contributed by atoms with Crippen LogP contribution in [0.4, 0.5) is 5.69 Å². The highest BCUT2D eigenvalue weighted by Crippen LogP contribution is 2.28. The van der Waals surface area contributed by atoms with E-state index in [0.29, 0.717) is 16.9 Å². The molecule has 8 heteroatoms. The van der Waals surface area contributed by atoms with Crippen LogP contribution in [0.15, 0.2) is 58.1 Å². The molecule has 3 rings (SSSR count). The van der Waals surface area contributed by atoms with Crippen LogP contribution in [0.1, 0.15) is 29.8 Å². The molecule has 0 bridgehead atoms. The molecule has 1 unspecified atom stereocenters. The van der Waals surface area contributed by atoms with E-state index < -0.39 is 11.2 Å². The number of aryl methyl sites for hydroxylation is 1. The van der Waals surface area contributed by atoms with Crippen LogP contribution in [0.2, 0.25) is 0 Å². The standard InChI is InChI=1S/C20H19N3O4S/c1-12-4-10-17(11-5-12)23-19(20(26)27-22-23)28-14(3)18(25)21-16-8-6-15(7-9-16)13(2)24/h4-11,14H,1-3H3,(H-,21,22,24,25,26). The van der Waals surface area contributed by atoms with Crippen LogP contribution in [0.25, 0.3) is 5.69 Å². The zero-order valence-corrected chi connectivity index (χ0v) is 16.4. The number of carbonyl (C=O) groups is 2. The normalized spacial score (nSPS) is 11.8. The lowest BCUT2D eigenvalue weighted by molar-refractivity contribution is -0.705. The van der Waals surface area contributed by atoms with Crippen molar-refractivity contribution in [2.24, 2.45) is 0 Å². The number of amides is 1. The molecule has 1 N–H and O–H groups in total. The molecule has 2 aromatic carbocycles. The van der Waals surface area contributed by atoms with Crippen molar-refractivity contribution in [1.82, 2.24) is 5.27 Å². The molecular formula is C20H19N3O4S. The van der Waals surface area contributed by atoms with Gasteiger partial charge in [0.15, 0.2) is 11.7 Å².